The smallest absolute Gasteiger partial charge is 0.323 e. The number of para-hydroxylation sites is 1. The molecule has 1 aliphatic heterocycles. The standard InChI is InChI=1S/C23H24N2O4/c26-22(27)16-24(19-10-12-29-13-11-19)23(28)21-14-18-8-4-5-9-20(18)25(21)15-17-6-2-1-3-7-17/h1-9,14,19H,10-13,15-16H2,(H,26,27). The number of hydrogen-bond acceptors (Lipinski definition) is 3. The van der Waals surface area contributed by atoms with Gasteiger partial charge in [-0.05, 0) is 30.5 Å². The average molecular weight is 392 g/mol. The van der Waals surface area contributed by atoms with E-state index in [0.29, 0.717) is 38.3 Å². The monoisotopic (exact) mass is 392 g/mol. The van der Waals surface area contributed by atoms with E-state index >= 15 is 0 Å². The topological polar surface area (TPSA) is 71.8 Å². The van der Waals surface area contributed by atoms with Crippen LogP contribution in [0.15, 0.2) is 60.7 Å². The summed E-state index contributed by atoms with van der Waals surface area (Å²) in [5, 5.41) is 10.4. The molecule has 1 fully saturated rings. The fourth-order valence-electron chi connectivity index (χ4n) is 3.98. The highest BCUT2D eigenvalue weighted by Crippen LogP contribution is 2.25. The predicted molar refractivity (Wildman–Crippen MR) is 110 cm³/mol. The van der Waals surface area contributed by atoms with Gasteiger partial charge in [-0.15, -0.1) is 0 Å². The van der Waals surface area contributed by atoms with Crippen molar-refractivity contribution in [1.29, 1.82) is 0 Å². The largest absolute Gasteiger partial charge is 0.480 e. The fraction of sp³-hybridized carbons (Fsp3) is 0.304. The number of amides is 1. The highest BCUT2D eigenvalue weighted by molar-refractivity contribution is 6.00. The quantitative estimate of drug-likeness (QED) is 0.698. The van der Waals surface area contributed by atoms with Crippen molar-refractivity contribution in [2.24, 2.45) is 0 Å². The van der Waals surface area contributed by atoms with Gasteiger partial charge in [-0.25, -0.2) is 0 Å². The molecule has 0 unspecified atom stereocenters. The summed E-state index contributed by atoms with van der Waals surface area (Å²) in [5.41, 5.74) is 2.56. The van der Waals surface area contributed by atoms with E-state index in [1.54, 1.807) is 0 Å². The van der Waals surface area contributed by atoms with Crippen LogP contribution in [0.1, 0.15) is 28.9 Å². The van der Waals surface area contributed by atoms with E-state index < -0.39 is 5.97 Å². The molecule has 2 heterocycles. The Hall–Kier alpha value is -3.12. The van der Waals surface area contributed by atoms with E-state index in [1.165, 1.54) is 4.90 Å². The van der Waals surface area contributed by atoms with Crippen LogP contribution in [0.4, 0.5) is 0 Å². The normalized spacial score (nSPS) is 14.8. The number of aromatic nitrogens is 1. The summed E-state index contributed by atoms with van der Waals surface area (Å²) < 4.78 is 7.39. The lowest BCUT2D eigenvalue weighted by Crippen LogP contribution is -2.46. The third-order valence-electron chi connectivity index (χ3n) is 5.41. The second-order valence-electron chi connectivity index (χ2n) is 7.33. The van der Waals surface area contributed by atoms with Crippen LogP contribution in [0.2, 0.25) is 0 Å². The van der Waals surface area contributed by atoms with Gasteiger partial charge in [-0.1, -0.05) is 48.5 Å². The summed E-state index contributed by atoms with van der Waals surface area (Å²) >= 11 is 0. The van der Waals surface area contributed by atoms with Crippen LogP contribution in [0.25, 0.3) is 10.9 Å². The summed E-state index contributed by atoms with van der Waals surface area (Å²) in [6.45, 7) is 1.32. The lowest BCUT2D eigenvalue weighted by molar-refractivity contribution is -0.138. The van der Waals surface area contributed by atoms with Crippen LogP contribution in [0, 0.1) is 0 Å². The lowest BCUT2D eigenvalue weighted by atomic mass is 10.1. The van der Waals surface area contributed by atoms with E-state index in [4.69, 9.17) is 4.74 Å². The Morgan fingerprint density at radius 2 is 1.72 bits per heavy atom. The minimum absolute atomic E-state index is 0.129. The molecule has 1 aliphatic rings. The summed E-state index contributed by atoms with van der Waals surface area (Å²) in [4.78, 5) is 26.6. The minimum Gasteiger partial charge on any atom is -0.480 e. The van der Waals surface area contributed by atoms with Crippen molar-refractivity contribution in [2.75, 3.05) is 19.8 Å². The van der Waals surface area contributed by atoms with Gasteiger partial charge in [0.05, 0.1) is 0 Å². The van der Waals surface area contributed by atoms with Gasteiger partial charge in [-0.2, -0.15) is 0 Å². The summed E-state index contributed by atoms with van der Waals surface area (Å²) in [6.07, 6.45) is 1.30. The summed E-state index contributed by atoms with van der Waals surface area (Å²) in [6, 6.07) is 19.6. The molecule has 0 bridgehead atoms. The number of ether oxygens (including phenoxy) is 1. The zero-order valence-electron chi connectivity index (χ0n) is 16.2. The Morgan fingerprint density at radius 1 is 1.03 bits per heavy atom. The number of carboxylic acid groups (broad SMARTS) is 1. The molecule has 150 valence electrons. The molecule has 0 spiro atoms. The zero-order valence-corrected chi connectivity index (χ0v) is 16.2. The number of hydrogen-bond donors (Lipinski definition) is 1. The van der Waals surface area contributed by atoms with Crippen molar-refractivity contribution in [1.82, 2.24) is 9.47 Å². The van der Waals surface area contributed by atoms with Gasteiger partial charge in [0.2, 0.25) is 0 Å². The van der Waals surface area contributed by atoms with Crippen LogP contribution >= 0.6 is 0 Å². The molecule has 0 atom stereocenters. The second-order valence-corrected chi connectivity index (χ2v) is 7.33. The first-order valence-electron chi connectivity index (χ1n) is 9.86. The molecule has 4 rings (SSSR count). The van der Waals surface area contributed by atoms with E-state index in [-0.39, 0.29) is 18.5 Å². The van der Waals surface area contributed by atoms with Gasteiger partial charge in [0.25, 0.3) is 5.91 Å². The van der Waals surface area contributed by atoms with Crippen molar-refractivity contribution >= 4 is 22.8 Å². The number of rotatable bonds is 6. The number of aliphatic carboxylic acids is 1. The molecule has 0 aliphatic carbocycles. The second kappa shape index (κ2) is 8.49. The number of fused-ring (bicyclic) bond motifs is 1. The highest BCUT2D eigenvalue weighted by atomic mass is 16.5. The molecule has 1 aromatic heterocycles. The maximum atomic E-state index is 13.6. The Bertz CT molecular complexity index is 1010. The van der Waals surface area contributed by atoms with Gasteiger partial charge in [-0.3, -0.25) is 9.59 Å². The number of carbonyl (C=O) groups excluding carboxylic acids is 1. The van der Waals surface area contributed by atoms with Gasteiger partial charge >= 0.3 is 5.97 Å². The molecular weight excluding hydrogens is 368 g/mol. The van der Waals surface area contributed by atoms with Crippen LogP contribution in [0.5, 0.6) is 0 Å². The molecule has 1 saturated heterocycles. The number of carboxylic acids is 1. The Kier molecular flexibility index (Phi) is 5.62. The van der Waals surface area contributed by atoms with Crippen LogP contribution in [-0.4, -0.2) is 52.3 Å². The summed E-state index contributed by atoms with van der Waals surface area (Å²) in [5.74, 6) is -1.25. The molecule has 6 nitrogen and oxygen atoms in total. The van der Waals surface area contributed by atoms with Crippen LogP contribution in [0.3, 0.4) is 0 Å². The molecule has 1 N–H and O–H groups in total. The van der Waals surface area contributed by atoms with Crippen molar-refractivity contribution in [3.8, 4) is 0 Å². The fourth-order valence-corrected chi connectivity index (χ4v) is 3.98. The number of carbonyl (C=O) groups is 2. The van der Waals surface area contributed by atoms with Gasteiger partial charge in [0.1, 0.15) is 12.2 Å². The molecule has 29 heavy (non-hydrogen) atoms. The van der Waals surface area contributed by atoms with Crippen LogP contribution < -0.4 is 0 Å². The van der Waals surface area contributed by atoms with E-state index in [1.807, 2.05) is 65.2 Å². The molecule has 6 heteroatoms. The van der Waals surface area contributed by atoms with Crippen molar-refractivity contribution < 1.29 is 19.4 Å². The van der Waals surface area contributed by atoms with Gasteiger partial charge in [0.15, 0.2) is 0 Å². The Morgan fingerprint density at radius 3 is 2.45 bits per heavy atom. The van der Waals surface area contributed by atoms with Crippen molar-refractivity contribution in [2.45, 2.75) is 25.4 Å². The number of nitrogens with zero attached hydrogens (tertiary/aromatic N) is 2. The van der Waals surface area contributed by atoms with E-state index in [9.17, 15) is 14.7 Å². The maximum absolute atomic E-state index is 13.6. The van der Waals surface area contributed by atoms with E-state index in [0.717, 1.165) is 16.5 Å². The van der Waals surface area contributed by atoms with Crippen LogP contribution in [-0.2, 0) is 16.1 Å². The predicted octanol–water partition coefficient (Wildman–Crippen LogP) is 3.40. The zero-order chi connectivity index (χ0) is 20.2. The lowest BCUT2D eigenvalue weighted by Gasteiger charge is -2.33. The average Bonchev–Trinajstić information content (AvgIpc) is 3.11. The maximum Gasteiger partial charge on any atom is 0.323 e. The summed E-state index contributed by atoms with van der Waals surface area (Å²) in [7, 11) is 0. The van der Waals surface area contributed by atoms with Gasteiger partial charge in [0, 0.05) is 36.7 Å². The third-order valence-corrected chi connectivity index (χ3v) is 5.41. The third kappa shape index (κ3) is 4.17. The molecule has 1 amide bonds. The van der Waals surface area contributed by atoms with Crippen molar-refractivity contribution in [3.63, 3.8) is 0 Å². The Balaban J connectivity index is 1.75. The molecule has 0 saturated carbocycles. The SMILES string of the molecule is O=C(O)CN(C(=O)c1cc2ccccc2n1Cc1ccccc1)C1CCOCC1. The molecule has 2 aromatic carbocycles. The first-order valence-corrected chi connectivity index (χ1v) is 9.86. The van der Waals surface area contributed by atoms with Crippen molar-refractivity contribution in [3.05, 3.63) is 71.9 Å². The first kappa shape index (κ1) is 19.2. The minimum atomic E-state index is -1.00. The van der Waals surface area contributed by atoms with Gasteiger partial charge < -0.3 is 19.3 Å². The highest BCUT2D eigenvalue weighted by Gasteiger charge is 2.30. The Labute approximate surface area is 169 Å². The van der Waals surface area contributed by atoms with E-state index in [2.05, 4.69) is 0 Å². The number of benzene rings is 2. The molecule has 0 radical (unpaired) electrons. The first-order chi connectivity index (χ1) is 14.1. The molecule has 3 aromatic rings. The molecular formula is C23H24N2O4.